The number of benzene rings is 1. The third kappa shape index (κ3) is 3.72. The number of nitrogens with zero attached hydrogens (tertiary/aromatic N) is 1. The van der Waals surface area contributed by atoms with Gasteiger partial charge in [-0.2, -0.15) is 0 Å². The molecule has 0 fully saturated rings. The van der Waals surface area contributed by atoms with Gasteiger partial charge in [0.1, 0.15) is 11.5 Å². The van der Waals surface area contributed by atoms with E-state index >= 15 is 0 Å². The number of aryl methyl sites for hydroxylation is 1. The lowest BCUT2D eigenvalue weighted by atomic mass is 10.0. The summed E-state index contributed by atoms with van der Waals surface area (Å²) < 4.78 is 5.39. The molecule has 0 amide bonds. The van der Waals surface area contributed by atoms with E-state index < -0.39 is 0 Å². The predicted octanol–water partition coefficient (Wildman–Crippen LogP) is 3.43. The molecule has 0 saturated carbocycles. The molecule has 19 heavy (non-hydrogen) atoms. The van der Waals surface area contributed by atoms with Gasteiger partial charge in [0, 0.05) is 25.7 Å². The minimum Gasteiger partial charge on any atom is -0.496 e. The Labute approximate surface area is 116 Å². The molecule has 0 aliphatic heterocycles. The van der Waals surface area contributed by atoms with Gasteiger partial charge in [-0.3, -0.25) is 0 Å². The standard InChI is InChI=1S/C16H25NO2/c1-11-10-15(19-6)13(3)14(4)16(11)17(5)9-7-8-12(2)18/h10H,7-9H2,1-6H3. The first-order valence-corrected chi connectivity index (χ1v) is 6.73. The first-order chi connectivity index (χ1) is 8.88. The van der Waals surface area contributed by atoms with Crippen molar-refractivity contribution in [1.29, 1.82) is 0 Å². The summed E-state index contributed by atoms with van der Waals surface area (Å²) in [6.45, 7) is 8.86. The average Bonchev–Trinajstić information content (AvgIpc) is 2.33. The molecule has 0 radical (unpaired) electrons. The number of hydrogen-bond donors (Lipinski definition) is 0. The van der Waals surface area contributed by atoms with Gasteiger partial charge in [0.15, 0.2) is 0 Å². The maximum Gasteiger partial charge on any atom is 0.129 e. The van der Waals surface area contributed by atoms with Crippen LogP contribution in [-0.4, -0.2) is 26.5 Å². The first-order valence-electron chi connectivity index (χ1n) is 6.73. The van der Waals surface area contributed by atoms with Crippen molar-refractivity contribution in [2.24, 2.45) is 0 Å². The Balaban J connectivity index is 2.93. The van der Waals surface area contributed by atoms with Crippen molar-refractivity contribution >= 4 is 11.5 Å². The van der Waals surface area contributed by atoms with E-state index in [2.05, 4.69) is 38.8 Å². The molecular formula is C16H25NO2. The molecule has 0 atom stereocenters. The fraction of sp³-hybridized carbons (Fsp3) is 0.562. The van der Waals surface area contributed by atoms with Gasteiger partial charge in [-0.1, -0.05) is 0 Å². The molecular weight excluding hydrogens is 238 g/mol. The van der Waals surface area contributed by atoms with Crippen LogP contribution < -0.4 is 9.64 Å². The van der Waals surface area contributed by atoms with Gasteiger partial charge in [0.2, 0.25) is 0 Å². The van der Waals surface area contributed by atoms with Gasteiger partial charge in [0.25, 0.3) is 0 Å². The van der Waals surface area contributed by atoms with E-state index in [0.29, 0.717) is 6.42 Å². The molecule has 106 valence electrons. The number of ketones is 1. The Morgan fingerprint density at radius 3 is 2.42 bits per heavy atom. The van der Waals surface area contributed by atoms with Gasteiger partial charge in [-0.25, -0.2) is 0 Å². The highest BCUT2D eigenvalue weighted by atomic mass is 16.5. The molecule has 0 saturated heterocycles. The lowest BCUT2D eigenvalue weighted by molar-refractivity contribution is -0.117. The maximum absolute atomic E-state index is 11.0. The zero-order chi connectivity index (χ0) is 14.6. The van der Waals surface area contributed by atoms with Gasteiger partial charge in [-0.15, -0.1) is 0 Å². The van der Waals surface area contributed by atoms with Crippen LogP contribution in [0.1, 0.15) is 36.5 Å². The molecule has 0 aliphatic rings. The normalized spacial score (nSPS) is 10.4. The van der Waals surface area contributed by atoms with Gasteiger partial charge in [-0.05, 0) is 56.9 Å². The van der Waals surface area contributed by atoms with Crippen molar-refractivity contribution in [1.82, 2.24) is 0 Å². The van der Waals surface area contributed by atoms with Crippen molar-refractivity contribution in [3.05, 3.63) is 22.8 Å². The lowest BCUT2D eigenvalue weighted by Crippen LogP contribution is -2.21. The monoisotopic (exact) mass is 263 g/mol. The van der Waals surface area contributed by atoms with Gasteiger partial charge >= 0.3 is 0 Å². The molecule has 0 bridgehead atoms. The molecule has 0 N–H and O–H groups in total. The summed E-state index contributed by atoms with van der Waals surface area (Å²) in [6, 6.07) is 2.08. The van der Waals surface area contributed by atoms with E-state index in [1.807, 2.05) is 0 Å². The van der Waals surface area contributed by atoms with Gasteiger partial charge < -0.3 is 14.4 Å². The molecule has 0 spiro atoms. The number of carbonyl (C=O) groups is 1. The number of Topliss-reactive ketones (excluding diaryl/α,β-unsaturated/α-hetero) is 1. The van der Waals surface area contributed by atoms with Crippen LogP contribution >= 0.6 is 0 Å². The number of anilines is 1. The molecule has 1 aromatic rings. The van der Waals surface area contributed by atoms with E-state index in [0.717, 1.165) is 18.7 Å². The highest BCUT2D eigenvalue weighted by Crippen LogP contribution is 2.33. The second-order valence-electron chi connectivity index (χ2n) is 5.22. The fourth-order valence-electron chi connectivity index (χ4n) is 2.51. The fourth-order valence-corrected chi connectivity index (χ4v) is 2.51. The van der Waals surface area contributed by atoms with Crippen LogP contribution in [0.15, 0.2) is 6.07 Å². The summed E-state index contributed by atoms with van der Waals surface area (Å²) in [6.07, 6.45) is 1.55. The molecule has 1 rings (SSSR count). The van der Waals surface area contributed by atoms with Crippen molar-refractivity contribution in [3.8, 4) is 5.75 Å². The maximum atomic E-state index is 11.0. The summed E-state index contributed by atoms with van der Waals surface area (Å²) in [4.78, 5) is 13.2. The Morgan fingerprint density at radius 1 is 1.26 bits per heavy atom. The smallest absolute Gasteiger partial charge is 0.129 e. The van der Waals surface area contributed by atoms with Crippen LogP contribution in [0.25, 0.3) is 0 Å². The van der Waals surface area contributed by atoms with Crippen LogP contribution in [-0.2, 0) is 4.79 Å². The highest BCUT2D eigenvalue weighted by Gasteiger charge is 2.13. The minimum atomic E-state index is 0.257. The highest BCUT2D eigenvalue weighted by molar-refractivity contribution is 5.75. The Hall–Kier alpha value is -1.51. The number of methoxy groups -OCH3 is 1. The Bertz CT molecular complexity index is 466. The molecule has 3 heteroatoms. The molecule has 0 unspecified atom stereocenters. The summed E-state index contributed by atoms with van der Waals surface area (Å²) >= 11 is 0. The van der Waals surface area contributed by atoms with E-state index in [4.69, 9.17) is 4.74 Å². The van der Waals surface area contributed by atoms with Crippen molar-refractivity contribution in [3.63, 3.8) is 0 Å². The molecule has 0 heterocycles. The van der Waals surface area contributed by atoms with E-state index in [1.54, 1.807) is 14.0 Å². The van der Waals surface area contributed by atoms with Crippen molar-refractivity contribution < 1.29 is 9.53 Å². The SMILES string of the molecule is COc1cc(C)c(N(C)CCCC(C)=O)c(C)c1C. The minimum absolute atomic E-state index is 0.257. The molecule has 0 aliphatic carbocycles. The topological polar surface area (TPSA) is 29.5 Å². The van der Waals surface area contributed by atoms with Crippen LogP contribution in [0.4, 0.5) is 5.69 Å². The molecule has 0 aromatic heterocycles. The number of hydrogen-bond acceptors (Lipinski definition) is 3. The van der Waals surface area contributed by atoms with Gasteiger partial charge in [0.05, 0.1) is 7.11 Å². The quantitative estimate of drug-likeness (QED) is 0.787. The van der Waals surface area contributed by atoms with E-state index in [1.165, 1.54) is 22.4 Å². The summed E-state index contributed by atoms with van der Waals surface area (Å²) in [5.74, 6) is 1.20. The van der Waals surface area contributed by atoms with Crippen LogP contribution in [0, 0.1) is 20.8 Å². The zero-order valence-corrected chi connectivity index (χ0v) is 13.0. The van der Waals surface area contributed by atoms with Crippen molar-refractivity contribution in [2.75, 3.05) is 25.6 Å². The first kappa shape index (κ1) is 15.5. The Kier molecular flexibility index (Phi) is 5.40. The van der Waals surface area contributed by atoms with Crippen molar-refractivity contribution in [2.45, 2.75) is 40.5 Å². The summed E-state index contributed by atoms with van der Waals surface area (Å²) in [5, 5.41) is 0. The number of ether oxygens (including phenoxy) is 1. The lowest BCUT2D eigenvalue weighted by Gasteiger charge is -2.25. The van der Waals surface area contributed by atoms with Crippen LogP contribution in [0.2, 0.25) is 0 Å². The Morgan fingerprint density at radius 2 is 1.89 bits per heavy atom. The zero-order valence-electron chi connectivity index (χ0n) is 13.0. The molecule has 3 nitrogen and oxygen atoms in total. The summed E-state index contributed by atoms with van der Waals surface area (Å²) in [7, 11) is 3.79. The largest absolute Gasteiger partial charge is 0.496 e. The number of carbonyl (C=O) groups excluding carboxylic acids is 1. The third-order valence-corrected chi connectivity index (χ3v) is 3.63. The summed E-state index contributed by atoms with van der Waals surface area (Å²) in [5.41, 5.74) is 4.90. The average molecular weight is 263 g/mol. The van der Waals surface area contributed by atoms with E-state index in [9.17, 15) is 4.79 Å². The second-order valence-corrected chi connectivity index (χ2v) is 5.22. The predicted molar refractivity (Wildman–Crippen MR) is 80.4 cm³/mol. The molecule has 1 aromatic carbocycles. The van der Waals surface area contributed by atoms with Crippen LogP contribution in [0.3, 0.4) is 0 Å². The second kappa shape index (κ2) is 6.60. The van der Waals surface area contributed by atoms with Crippen LogP contribution in [0.5, 0.6) is 5.75 Å². The van der Waals surface area contributed by atoms with E-state index in [-0.39, 0.29) is 5.78 Å². The third-order valence-electron chi connectivity index (χ3n) is 3.63. The number of rotatable bonds is 6.